The Labute approximate surface area is 123 Å². The van der Waals surface area contributed by atoms with E-state index in [0.29, 0.717) is 0 Å². The predicted molar refractivity (Wildman–Crippen MR) is 83.0 cm³/mol. The molecule has 0 aliphatic heterocycles. The zero-order valence-electron chi connectivity index (χ0n) is 11.7. The van der Waals surface area contributed by atoms with Crippen LogP contribution in [0.3, 0.4) is 0 Å². The van der Waals surface area contributed by atoms with Crippen molar-refractivity contribution in [1.82, 2.24) is 4.98 Å². The summed E-state index contributed by atoms with van der Waals surface area (Å²) in [6.45, 7) is 8.44. The van der Waals surface area contributed by atoms with E-state index in [-0.39, 0.29) is 11.5 Å². The Hall–Kier alpha value is -0.900. The lowest BCUT2D eigenvalue weighted by molar-refractivity contribution is 0.569. The molecule has 0 aliphatic carbocycles. The van der Waals surface area contributed by atoms with Gasteiger partial charge in [-0.3, -0.25) is 0 Å². The van der Waals surface area contributed by atoms with Crippen molar-refractivity contribution < 1.29 is 0 Å². The molecule has 2 nitrogen and oxygen atoms in total. The van der Waals surface area contributed by atoms with E-state index in [0.717, 1.165) is 26.9 Å². The van der Waals surface area contributed by atoms with Gasteiger partial charge < -0.3 is 5.73 Å². The fourth-order valence-corrected chi connectivity index (χ4v) is 2.98. The van der Waals surface area contributed by atoms with Crippen LogP contribution in [0.2, 0.25) is 5.02 Å². The van der Waals surface area contributed by atoms with Crippen LogP contribution >= 0.6 is 22.9 Å². The fourth-order valence-electron chi connectivity index (χ4n) is 1.72. The maximum absolute atomic E-state index is 6.28. The van der Waals surface area contributed by atoms with Crippen molar-refractivity contribution in [2.45, 2.75) is 39.2 Å². The molecule has 0 fully saturated rings. The fraction of sp³-hybridized carbons (Fsp3) is 0.400. The van der Waals surface area contributed by atoms with Gasteiger partial charge in [0.15, 0.2) is 0 Å². The number of thiazole rings is 1. The van der Waals surface area contributed by atoms with Crippen molar-refractivity contribution in [2.75, 3.05) is 0 Å². The van der Waals surface area contributed by atoms with Crippen LogP contribution in [0.5, 0.6) is 0 Å². The minimum absolute atomic E-state index is 0.0550. The summed E-state index contributed by atoms with van der Waals surface area (Å²) in [7, 11) is 0. The molecule has 1 atom stereocenters. The second kappa shape index (κ2) is 5.23. The molecule has 1 heterocycles. The van der Waals surface area contributed by atoms with E-state index in [1.807, 2.05) is 25.1 Å². The molecular formula is C15H19ClN2S. The van der Waals surface area contributed by atoms with Gasteiger partial charge >= 0.3 is 0 Å². The topological polar surface area (TPSA) is 38.9 Å². The summed E-state index contributed by atoms with van der Waals surface area (Å²) in [4.78, 5) is 4.66. The number of hydrogen-bond acceptors (Lipinski definition) is 3. The lowest BCUT2D eigenvalue weighted by Crippen LogP contribution is -2.15. The van der Waals surface area contributed by atoms with Crippen LogP contribution < -0.4 is 5.73 Å². The molecule has 0 aliphatic rings. The molecule has 0 saturated carbocycles. The molecule has 1 unspecified atom stereocenters. The van der Waals surface area contributed by atoms with Crippen LogP contribution in [0.25, 0.3) is 0 Å². The van der Waals surface area contributed by atoms with Crippen LogP contribution in [0.1, 0.15) is 48.6 Å². The van der Waals surface area contributed by atoms with Gasteiger partial charge in [0, 0.05) is 15.8 Å². The molecule has 4 heteroatoms. The SMILES string of the molecule is Cc1ccc(C(N)c2nc(C(C)(C)C)cs2)cc1Cl. The highest BCUT2D eigenvalue weighted by Gasteiger charge is 2.20. The summed E-state index contributed by atoms with van der Waals surface area (Å²) < 4.78 is 0. The standard InChI is InChI=1S/C15H19ClN2S/c1-9-5-6-10(7-11(9)16)13(17)14-18-12(8-19-14)15(2,3)4/h5-8,13H,17H2,1-4H3. The maximum atomic E-state index is 6.28. The normalized spacial score (nSPS) is 13.6. The van der Waals surface area contributed by atoms with E-state index in [1.165, 1.54) is 0 Å². The summed E-state index contributed by atoms with van der Waals surface area (Å²) in [5.74, 6) is 0. The Morgan fingerprint density at radius 2 is 2.00 bits per heavy atom. The minimum Gasteiger partial charge on any atom is -0.318 e. The predicted octanol–water partition coefficient (Wildman–Crippen LogP) is 4.45. The largest absolute Gasteiger partial charge is 0.318 e. The van der Waals surface area contributed by atoms with Gasteiger partial charge in [-0.05, 0) is 24.1 Å². The maximum Gasteiger partial charge on any atom is 0.114 e. The number of halogens is 1. The van der Waals surface area contributed by atoms with Crippen molar-refractivity contribution in [3.05, 3.63) is 50.4 Å². The lowest BCUT2D eigenvalue weighted by Gasteiger charge is -2.15. The van der Waals surface area contributed by atoms with Crippen molar-refractivity contribution in [2.24, 2.45) is 5.73 Å². The summed E-state index contributed by atoms with van der Waals surface area (Å²) in [5.41, 5.74) is 9.49. The van der Waals surface area contributed by atoms with E-state index >= 15 is 0 Å². The average molecular weight is 295 g/mol. The van der Waals surface area contributed by atoms with Gasteiger partial charge in [-0.25, -0.2) is 4.98 Å². The highest BCUT2D eigenvalue weighted by atomic mass is 35.5. The first kappa shape index (κ1) is 14.5. The number of hydrogen-bond donors (Lipinski definition) is 1. The van der Waals surface area contributed by atoms with E-state index in [2.05, 4.69) is 31.1 Å². The minimum atomic E-state index is -0.209. The number of rotatable bonds is 2. The number of nitrogens with zero attached hydrogens (tertiary/aromatic N) is 1. The average Bonchev–Trinajstić information content (AvgIpc) is 2.81. The molecular weight excluding hydrogens is 276 g/mol. The van der Waals surface area contributed by atoms with Gasteiger partial charge in [0.05, 0.1) is 11.7 Å². The van der Waals surface area contributed by atoms with E-state index < -0.39 is 0 Å². The summed E-state index contributed by atoms with van der Waals surface area (Å²) in [6, 6.07) is 5.73. The van der Waals surface area contributed by atoms with Crippen molar-refractivity contribution in [3.63, 3.8) is 0 Å². The molecule has 0 amide bonds. The Morgan fingerprint density at radius 1 is 1.32 bits per heavy atom. The first-order valence-corrected chi connectivity index (χ1v) is 7.52. The van der Waals surface area contributed by atoms with Gasteiger partial charge in [-0.15, -0.1) is 11.3 Å². The molecule has 0 radical (unpaired) electrons. The third-order valence-electron chi connectivity index (χ3n) is 3.11. The number of aromatic nitrogens is 1. The molecule has 1 aromatic carbocycles. The second-order valence-corrected chi connectivity index (χ2v) is 7.10. The number of nitrogens with two attached hydrogens (primary N) is 1. The van der Waals surface area contributed by atoms with E-state index in [4.69, 9.17) is 17.3 Å². The van der Waals surface area contributed by atoms with Gasteiger partial charge in [0.2, 0.25) is 0 Å². The van der Waals surface area contributed by atoms with Crippen LogP contribution in [-0.2, 0) is 5.41 Å². The highest BCUT2D eigenvalue weighted by Crippen LogP contribution is 2.30. The Bertz CT molecular complexity index is 584. The van der Waals surface area contributed by atoms with Crippen LogP contribution in [0.4, 0.5) is 0 Å². The van der Waals surface area contributed by atoms with Gasteiger partial charge in [-0.1, -0.05) is 44.5 Å². The molecule has 2 N–H and O–H groups in total. The molecule has 0 saturated heterocycles. The first-order valence-electron chi connectivity index (χ1n) is 6.26. The molecule has 1 aromatic heterocycles. The number of aryl methyl sites for hydroxylation is 1. The van der Waals surface area contributed by atoms with E-state index in [1.54, 1.807) is 11.3 Å². The van der Waals surface area contributed by atoms with Crippen molar-refractivity contribution in [3.8, 4) is 0 Å². The monoisotopic (exact) mass is 294 g/mol. The molecule has 2 aromatic rings. The third kappa shape index (κ3) is 3.16. The summed E-state index contributed by atoms with van der Waals surface area (Å²) in [6.07, 6.45) is 0. The molecule has 0 spiro atoms. The van der Waals surface area contributed by atoms with Gasteiger partial charge in [0.1, 0.15) is 5.01 Å². The van der Waals surface area contributed by atoms with Crippen LogP contribution in [0, 0.1) is 6.92 Å². The Morgan fingerprint density at radius 3 is 2.53 bits per heavy atom. The van der Waals surface area contributed by atoms with Crippen LogP contribution in [-0.4, -0.2) is 4.98 Å². The van der Waals surface area contributed by atoms with E-state index in [9.17, 15) is 0 Å². The third-order valence-corrected chi connectivity index (χ3v) is 4.45. The summed E-state index contributed by atoms with van der Waals surface area (Å²) in [5, 5.41) is 3.77. The van der Waals surface area contributed by atoms with Gasteiger partial charge in [-0.2, -0.15) is 0 Å². The van der Waals surface area contributed by atoms with Gasteiger partial charge in [0.25, 0.3) is 0 Å². The molecule has 19 heavy (non-hydrogen) atoms. The number of benzene rings is 1. The summed E-state index contributed by atoms with van der Waals surface area (Å²) >= 11 is 7.76. The van der Waals surface area contributed by atoms with Crippen LogP contribution in [0.15, 0.2) is 23.6 Å². The zero-order valence-corrected chi connectivity index (χ0v) is 13.3. The Kier molecular flexibility index (Phi) is 4.00. The highest BCUT2D eigenvalue weighted by molar-refractivity contribution is 7.09. The molecule has 102 valence electrons. The molecule has 0 bridgehead atoms. The zero-order chi connectivity index (χ0) is 14.2. The quantitative estimate of drug-likeness (QED) is 0.888. The smallest absolute Gasteiger partial charge is 0.114 e. The molecule has 2 rings (SSSR count). The van der Waals surface area contributed by atoms with Crippen molar-refractivity contribution in [1.29, 1.82) is 0 Å². The van der Waals surface area contributed by atoms with Crippen molar-refractivity contribution >= 4 is 22.9 Å². The lowest BCUT2D eigenvalue weighted by atomic mass is 9.93. The Balaban J connectivity index is 2.31. The first-order chi connectivity index (χ1) is 8.79. The second-order valence-electron chi connectivity index (χ2n) is 5.81.